The molecule has 0 heterocycles. The quantitative estimate of drug-likeness (QED) is 0.627. The largest absolute Gasteiger partial charge is 0.271 e. The Hall–Kier alpha value is -0.0900. The Balaban J connectivity index is 1.71. The third-order valence-corrected chi connectivity index (χ3v) is 6.18. The fourth-order valence-corrected chi connectivity index (χ4v) is 4.51. The summed E-state index contributed by atoms with van der Waals surface area (Å²) in [6, 6.07) is 6.33. The maximum absolute atomic E-state index is 6.05. The summed E-state index contributed by atoms with van der Waals surface area (Å²) < 4.78 is 0.944. The van der Waals surface area contributed by atoms with E-state index in [0.29, 0.717) is 0 Å². The van der Waals surface area contributed by atoms with Crippen LogP contribution in [0.2, 0.25) is 5.02 Å². The van der Waals surface area contributed by atoms with Crippen molar-refractivity contribution in [1.29, 1.82) is 0 Å². The monoisotopic (exact) mass is 342 g/mol. The molecule has 2 aliphatic rings. The first kappa shape index (κ1) is 13.9. The highest BCUT2D eigenvalue weighted by Crippen LogP contribution is 2.50. The number of benzene rings is 1. The first-order chi connectivity index (χ1) is 9.17. The van der Waals surface area contributed by atoms with Crippen LogP contribution >= 0.6 is 27.5 Å². The molecular weight excluding hydrogens is 324 g/mol. The average Bonchev–Trinajstić information content (AvgIpc) is 3.01. The van der Waals surface area contributed by atoms with Gasteiger partial charge in [-0.05, 0) is 77.1 Å². The molecule has 0 radical (unpaired) electrons. The first-order valence-electron chi connectivity index (χ1n) is 7.08. The first-order valence-corrected chi connectivity index (χ1v) is 8.25. The highest BCUT2D eigenvalue weighted by Gasteiger charge is 2.40. The lowest BCUT2D eigenvalue weighted by Crippen LogP contribution is -2.30. The van der Waals surface area contributed by atoms with Crippen LogP contribution in [0.1, 0.15) is 43.7 Å². The average molecular weight is 344 g/mol. The summed E-state index contributed by atoms with van der Waals surface area (Å²) >= 11 is 9.54. The van der Waals surface area contributed by atoms with Gasteiger partial charge in [0.1, 0.15) is 0 Å². The summed E-state index contributed by atoms with van der Waals surface area (Å²) in [5.41, 5.74) is 4.21. The lowest BCUT2D eigenvalue weighted by molar-refractivity contribution is 0.280. The van der Waals surface area contributed by atoms with Gasteiger partial charge in [-0.1, -0.05) is 24.1 Å². The lowest BCUT2D eigenvalue weighted by Gasteiger charge is -2.26. The minimum absolute atomic E-state index is 0.234. The van der Waals surface area contributed by atoms with Crippen molar-refractivity contribution in [2.75, 3.05) is 0 Å². The third-order valence-electron chi connectivity index (χ3n) is 4.97. The van der Waals surface area contributed by atoms with Gasteiger partial charge < -0.3 is 0 Å². The molecular formula is C15H20BrClN2. The highest BCUT2D eigenvalue weighted by molar-refractivity contribution is 9.10. The maximum Gasteiger partial charge on any atom is 0.0548 e. The Morgan fingerprint density at radius 2 is 2.21 bits per heavy atom. The van der Waals surface area contributed by atoms with E-state index in [4.69, 9.17) is 17.4 Å². The minimum Gasteiger partial charge on any atom is -0.271 e. The molecule has 0 saturated heterocycles. The number of rotatable bonds is 4. The number of halogens is 2. The standard InChI is InChI=1S/C15H20BrClN2/c16-13-7-11(3-4-14(13)17)15(19-18)8-12-6-9-1-2-10(12)5-9/h3-4,7,9-10,12,15,19H,1-2,5-6,8,18H2. The molecule has 4 atom stereocenters. The van der Waals surface area contributed by atoms with Crippen molar-refractivity contribution in [3.63, 3.8) is 0 Å². The molecule has 2 saturated carbocycles. The van der Waals surface area contributed by atoms with Crippen LogP contribution in [0.4, 0.5) is 0 Å². The molecule has 4 unspecified atom stereocenters. The van der Waals surface area contributed by atoms with Gasteiger partial charge in [-0.3, -0.25) is 11.3 Å². The van der Waals surface area contributed by atoms with Gasteiger partial charge in [-0.25, -0.2) is 0 Å². The summed E-state index contributed by atoms with van der Waals surface area (Å²) in [7, 11) is 0. The molecule has 2 bridgehead atoms. The van der Waals surface area contributed by atoms with Crippen molar-refractivity contribution in [2.24, 2.45) is 23.6 Å². The van der Waals surface area contributed by atoms with E-state index in [-0.39, 0.29) is 6.04 Å². The van der Waals surface area contributed by atoms with Gasteiger partial charge in [-0.2, -0.15) is 0 Å². The van der Waals surface area contributed by atoms with Gasteiger partial charge >= 0.3 is 0 Å². The number of fused-ring (bicyclic) bond motifs is 2. The zero-order chi connectivity index (χ0) is 13.4. The molecule has 0 aliphatic heterocycles. The molecule has 0 spiro atoms. The minimum atomic E-state index is 0.234. The summed E-state index contributed by atoms with van der Waals surface area (Å²) in [5.74, 6) is 8.55. The van der Waals surface area contributed by atoms with Crippen LogP contribution in [0.3, 0.4) is 0 Å². The van der Waals surface area contributed by atoms with Crippen LogP contribution in [0.5, 0.6) is 0 Å². The SMILES string of the molecule is NNC(CC1CC2CCC1C2)c1ccc(Cl)c(Br)c1. The van der Waals surface area contributed by atoms with E-state index in [9.17, 15) is 0 Å². The van der Waals surface area contributed by atoms with E-state index in [1.807, 2.05) is 6.07 Å². The van der Waals surface area contributed by atoms with Gasteiger partial charge in [0.25, 0.3) is 0 Å². The lowest BCUT2D eigenvalue weighted by atomic mass is 9.83. The maximum atomic E-state index is 6.05. The van der Waals surface area contributed by atoms with Crippen LogP contribution in [-0.2, 0) is 0 Å². The highest BCUT2D eigenvalue weighted by atomic mass is 79.9. The molecule has 0 amide bonds. The van der Waals surface area contributed by atoms with Crippen LogP contribution in [0.15, 0.2) is 22.7 Å². The summed E-state index contributed by atoms with van der Waals surface area (Å²) in [5, 5.41) is 0.749. The van der Waals surface area contributed by atoms with Crippen molar-refractivity contribution in [3.05, 3.63) is 33.3 Å². The van der Waals surface area contributed by atoms with E-state index >= 15 is 0 Å². The predicted molar refractivity (Wildman–Crippen MR) is 82.8 cm³/mol. The van der Waals surface area contributed by atoms with Gasteiger partial charge in [0.15, 0.2) is 0 Å². The normalized spacial score (nSPS) is 30.8. The van der Waals surface area contributed by atoms with Crippen LogP contribution in [0.25, 0.3) is 0 Å². The molecule has 0 aromatic heterocycles. The van der Waals surface area contributed by atoms with E-state index in [2.05, 4.69) is 33.5 Å². The second-order valence-electron chi connectivity index (χ2n) is 6.06. The van der Waals surface area contributed by atoms with Crippen LogP contribution < -0.4 is 11.3 Å². The van der Waals surface area contributed by atoms with Gasteiger partial charge in [0.05, 0.1) is 5.02 Å². The number of nitrogens with two attached hydrogens (primary N) is 1. The molecule has 1 aromatic rings. The number of hydrogen-bond donors (Lipinski definition) is 2. The molecule has 1 aromatic carbocycles. The molecule has 4 heteroatoms. The third kappa shape index (κ3) is 2.85. The predicted octanol–water partition coefficient (Wildman–Crippen LogP) is 4.43. The number of hydrazine groups is 1. The van der Waals surface area contributed by atoms with Crippen molar-refractivity contribution in [2.45, 2.75) is 38.1 Å². The molecule has 19 heavy (non-hydrogen) atoms. The topological polar surface area (TPSA) is 38.0 Å². The van der Waals surface area contributed by atoms with Crippen molar-refractivity contribution >= 4 is 27.5 Å². The molecule has 2 aliphatic carbocycles. The van der Waals surface area contributed by atoms with E-state index in [1.54, 1.807) is 0 Å². The zero-order valence-corrected chi connectivity index (χ0v) is 13.3. The van der Waals surface area contributed by atoms with Crippen LogP contribution in [0, 0.1) is 17.8 Å². The summed E-state index contributed by atoms with van der Waals surface area (Å²) in [6.45, 7) is 0. The van der Waals surface area contributed by atoms with Crippen molar-refractivity contribution in [1.82, 2.24) is 5.43 Å². The number of hydrogen-bond acceptors (Lipinski definition) is 2. The number of nitrogens with one attached hydrogen (secondary N) is 1. The van der Waals surface area contributed by atoms with Crippen molar-refractivity contribution in [3.8, 4) is 0 Å². The Morgan fingerprint density at radius 3 is 2.79 bits per heavy atom. The van der Waals surface area contributed by atoms with E-state index in [1.165, 1.54) is 31.2 Å². The van der Waals surface area contributed by atoms with Gasteiger partial charge in [-0.15, -0.1) is 0 Å². The molecule has 3 rings (SSSR count). The fourth-order valence-electron chi connectivity index (χ4n) is 4.00. The second kappa shape index (κ2) is 5.72. The van der Waals surface area contributed by atoms with E-state index < -0.39 is 0 Å². The second-order valence-corrected chi connectivity index (χ2v) is 7.32. The molecule has 2 fully saturated rings. The Kier molecular flexibility index (Phi) is 4.18. The van der Waals surface area contributed by atoms with Gasteiger partial charge in [0.2, 0.25) is 0 Å². The summed E-state index contributed by atoms with van der Waals surface area (Å²) in [6.07, 6.45) is 6.88. The smallest absolute Gasteiger partial charge is 0.0548 e. The molecule has 2 nitrogen and oxygen atoms in total. The van der Waals surface area contributed by atoms with Gasteiger partial charge in [0, 0.05) is 10.5 Å². The Morgan fingerprint density at radius 1 is 1.37 bits per heavy atom. The van der Waals surface area contributed by atoms with E-state index in [0.717, 1.165) is 33.7 Å². The molecule has 3 N–H and O–H groups in total. The summed E-state index contributed by atoms with van der Waals surface area (Å²) in [4.78, 5) is 0. The zero-order valence-electron chi connectivity index (χ0n) is 10.9. The van der Waals surface area contributed by atoms with Crippen molar-refractivity contribution < 1.29 is 0 Å². The van der Waals surface area contributed by atoms with Crippen LogP contribution in [-0.4, -0.2) is 0 Å². The Bertz CT molecular complexity index is 465. The Labute approximate surface area is 128 Å². The molecule has 104 valence electrons. The fraction of sp³-hybridized carbons (Fsp3) is 0.600.